The molecule has 0 spiro atoms. The molecule has 21 heavy (non-hydrogen) atoms. The van der Waals surface area contributed by atoms with Gasteiger partial charge < -0.3 is 5.32 Å². The molecule has 0 bridgehead atoms. The normalized spacial score (nSPS) is 10.4. The maximum atomic E-state index is 12.0. The average molecular weight is 324 g/mol. The van der Waals surface area contributed by atoms with Crippen LogP contribution in [0.1, 0.15) is 18.9 Å². The smallest absolute Gasteiger partial charge is 0.290 e. The zero-order valence-electron chi connectivity index (χ0n) is 11.8. The van der Waals surface area contributed by atoms with Gasteiger partial charge in [0.15, 0.2) is 12.4 Å². The summed E-state index contributed by atoms with van der Waals surface area (Å²) in [5, 5.41) is 3.77. The molecule has 0 atom stereocenters. The summed E-state index contributed by atoms with van der Waals surface area (Å²) in [6.07, 6.45) is 5.97. The van der Waals surface area contributed by atoms with E-state index in [2.05, 4.69) is 12.2 Å². The monoisotopic (exact) mass is 323 g/mol. The fourth-order valence-electron chi connectivity index (χ4n) is 2.00. The lowest BCUT2D eigenvalue weighted by atomic mass is 10.2. The summed E-state index contributed by atoms with van der Waals surface area (Å²) in [6, 6.07) is 9.04. The van der Waals surface area contributed by atoms with Crippen molar-refractivity contribution in [1.29, 1.82) is 0 Å². The maximum absolute atomic E-state index is 12.0. The topological polar surface area (TPSA) is 33.0 Å². The lowest BCUT2D eigenvalue weighted by Crippen LogP contribution is -2.39. The summed E-state index contributed by atoms with van der Waals surface area (Å²) in [4.78, 5) is 12.0. The number of amides is 1. The van der Waals surface area contributed by atoms with E-state index in [0.29, 0.717) is 15.7 Å². The molecule has 1 N–H and O–H groups in total. The Morgan fingerprint density at radius 2 is 1.90 bits per heavy atom. The van der Waals surface area contributed by atoms with Crippen LogP contribution < -0.4 is 9.88 Å². The highest BCUT2D eigenvalue weighted by Crippen LogP contribution is 2.25. The van der Waals surface area contributed by atoms with Gasteiger partial charge in [-0.3, -0.25) is 4.79 Å². The predicted molar refractivity (Wildman–Crippen MR) is 85.7 cm³/mol. The van der Waals surface area contributed by atoms with Gasteiger partial charge in [-0.25, -0.2) is 0 Å². The van der Waals surface area contributed by atoms with Gasteiger partial charge in [0.25, 0.3) is 5.91 Å². The van der Waals surface area contributed by atoms with E-state index >= 15 is 0 Å². The molecule has 0 aliphatic rings. The number of aromatic nitrogens is 1. The first-order valence-electron chi connectivity index (χ1n) is 6.81. The number of pyridine rings is 1. The molecule has 1 heterocycles. The number of carbonyl (C=O) groups is 1. The Morgan fingerprint density at radius 1 is 1.19 bits per heavy atom. The molecule has 1 aromatic carbocycles. The first kappa shape index (κ1) is 15.8. The number of rotatable bonds is 5. The molecule has 0 aliphatic carbocycles. The summed E-state index contributed by atoms with van der Waals surface area (Å²) in [6.45, 7) is 2.37. The summed E-state index contributed by atoms with van der Waals surface area (Å²) in [7, 11) is 0. The molecule has 0 radical (unpaired) electrons. The summed E-state index contributed by atoms with van der Waals surface area (Å²) in [5.74, 6) is -0.146. The van der Waals surface area contributed by atoms with Gasteiger partial charge >= 0.3 is 0 Å². The van der Waals surface area contributed by atoms with Gasteiger partial charge in [-0.15, -0.1) is 0 Å². The Kier molecular flexibility index (Phi) is 5.59. The van der Waals surface area contributed by atoms with E-state index < -0.39 is 0 Å². The fourth-order valence-corrected chi connectivity index (χ4v) is 2.33. The van der Waals surface area contributed by atoms with Gasteiger partial charge in [0.2, 0.25) is 6.54 Å². The van der Waals surface area contributed by atoms with Gasteiger partial charge in [-0.1, -0.05) is 36.5 Å². The third-order valence-corrected chi connectivity index (χ3v) is 3.59. The first-order chi connectivity index (χ1) is 10.1. The highest BCUT2D eigenvalue weighted by molar-refractivity contribution is 6.35. The Balaban J connectivity index is 1.99. The van der Waals surface area contributed by atoms with Crippen LogP contribution in [0.3, 0.4) is 0 Å². The minimum Gasteiger partial charge on any atom is -0.319 e. The Hall–Kier alpha value is -1.58. The van der Waals surface area contributed by atoms with Crippen LogP contribution in [0.25, 0.3) is 0 Å². The van der Waals surface area contributed by atoms with Crippen molar-refractivity contribution in [3.8, 4) is 0 Å². The van der Waals surface area contributed by atoms with E-state index in [1.807, 2.05) is 29.1 Å². The van der Waals surface area contributed by atoms with Crippen LogP contribution in [0.15, 0.2) is 42.7 Å². The quantitative estimate of drug-likeness (QED) is 0.832. The number of halogens is 2. The minimum absolute atomic E-state index is 0.146. The molecular formula is C16H17Cl2N2O+. The second-order valence-corrected chi connectivity index (χ2v) is 5.64. The van der Waals surface area contributed by atoms with Crippen LogP contribution in [0.4, 0.5) is 5.69 Å². The van der Waals surface area contributed by atoms with E-state index in [1.54, 1.807) is 18.2 Å². The highest BCUT2D eigenvalue weighted by Gasteiger charge is 2.11. The Bertz CT molecular complexity index is 627. The largest absolute Gasteiger partial charge is 0.319 e. The van der Waals surface area contributed by atoms with Gasteiger partial charge in [-0.05, 0) is 30.2 Å². The van der Waals surface area contributed by atoms with Crippen molar-refractivity contribution in [2.24, 2.45) is 0 Å². The number of nitrogens with one attached hydrogen (secondary N) is 1. The first-order valence-corrected chi connectivity index (χ1v) is 7.57. The summed E-state index contributed by atoms with van der Waals surface area (Å²) in [5.41, 5.74) is 1.80. The van der Waals surface area contributed by atoms with Crippen LogP contribution in [0.2, 0.25) is 10.0 Å². The standard InChI is InChI=1S/C16H16Cl2N2O/c1-2-3-12-6-8-20(9-7-12)11-16(21)19-15-10-13(17)4-5-14(15)18/h4-10H,2-3,11H2,1H3/p+1. The van der Waals surface area contributed by atoms with Gasteiger partial charge in [-0.2, -0.15) is 4.57 Å². The molecule has 110 valence electrons. The Morgan fingerprint density at radius 3 is 2.57 bits per heavy atom. The van der Waals surface area contributed by atoms with E-state index in [0.717, 1.165) is 12.8 Å². The highest BCUT2D eigenvalue weighted by atomic mass is 35.5. The Labute approximate surface area is 134 Å². The van der Waals surface area contributed by atoms with Crippen LogP contribution in [-0.4, -0.2) is 5.91 Å². The third kappa shape index (κ3) is 4.73. The van der Waals surface area contributed by atoms with E-state index in [1.165, 1.54) is 5.56 Å². The van der Waals surface area contributed by atoms with Crippen LogP contribution in [-0.2, 0) is 17.8 Å². The molecule has 3 nitrogen and oxygen atoms in total. The number of hydrogen-bond donors (Lipinski definition) is 1. The number of anilines is 1. The molecule has 0 unspecified atom stereocenters. The number of aryl methyl sites for hydroxylation is 1. The third-order valence-electron chi connectivity index (χ3n) is 3.03. The summed E-state index contributed by atoms with van der Waals surface area (Å²) >= 11 is 11.9. The number of benzene rings is 1. The van der Waals surface area contributed by atoms with E-state index in [-0.39, 0.29) is 12.5 Å². The van der Waals surface area contributed by atoms with Crippen LogP contribution in [0.5, 0.6) is 0 Å². The van der Waals surface area contributed by atoms with E-state index in [4.69, 9.17) is 23.2 Å². The molecule has 1 aromatic heterocycles. The van der Waals surface area contributed by atoms with Crippen molar-refractivity contribution >= 4 is 34.8 Å². The molecule has 0 saturated carbocycles. The molecule has 1 amide bonds. The van der Waals surface area contributed by atoms with Gasteiger partial charge in [0.1, 0.15) is 0 Å². The second kappa shape index (κ2) is 7.43. The predicted octanol–water partition coefficient (Wildman–Crippen LogP) is 3.87. The number of nitrogens with zero attached hydrogens (tertiary/aromatic N) is 1. The van der Waals surface area contributed by atoms with Crippen molar-refractivity contribution < 1.29 is 9.36 Å². The maximum Gasteiger partial charge on any atom is 0.290 e. The van der Waals surface area contributed by atoms with Crippen LogP contribution >= 0.6 is 23.2 Å². The van der Waals surface area contributed by atoms with Crippen molar-refractivity contribution in [3.63, 3.8) is 0 Å². The van der Waals surface area contributed by atoms with Gasteiger partial charge in [0, 0.05) is 17.2 Å². The number of carbonyl (C=O) groups excluding carboxylic acids is 1. The summed E-state index contributed by atoms with van der Waals surface area (Å²) < 4.78 is 1.83. The van der Waals surface area contributed by atoms with Crippen molar-refractivity contribution in [2.75, 3.05) is 5.32 Å². The molecule has 0 saturated heterocycles. The minimum atomic E-state index is -0.146. The molecule has 0 fully saturated rings. The SMILES string of the molecule is CCCc1cc[n+](CC(=O)Nc2cc(Cl)ccc2Cl)cc1. The van der Waals surface area contributed by atoms with Crippen molar-refractivity contribution in [1.82, 2.24) is 0 Å². The van der Waals surface area contributed by atoms with Crippen LogP contribution in [0, 0.1) is 0 Å². The zero-order valence-corrected chi connectivity index (χ0v) is 13.3. The van der Waals surface area contributed by atoms with E-state index in [9.17, 15) is 4.79 Å². The number of hydrogen-bond acceptors (Lipinski definition) is 1. The second-order valence-electron chi connectivity index (χ2n) is 4.80. The molecule has 5 heteroatoms. The van der Waals surface area contributed by atoms with Crippen molar-refractivity contribution in [2.45, 2.75) is 26.3 Å². The average Bonchev–Trinajstić information content (AvgIpc) is 2.45. The molecular weight excluding hydrogens is 307 g/mol. The molecule has 2 aromatic rings. The lowest BCUT2D eigenvalue weighted by molar-refractivity contribution is -0.684. The zero-order chi connectivity index (χ0) is 15.2. The van der Waals surface area contributed by atoms with Gasteiger partial charge in [0.05, 0.1) is 10.7 Å². The van der Waals surface area contributed by atoms with Crippen molar-refractivity contribution in [3.05, 3.63) is 58.3 Å². The lowest BCUT2D eigenvalue weighted by Gasteiger charge is -2.06. The fraction of sp³-hybridized carbons (Fsp3) is 0.250. The molecule has 0 aliphatic heterocycles. The molecule has 2 rings (SSSR count).